The van der Waals surface area contributed by atoms with Gasteiger partial charge in [-0.1, -0.05) is 12.1 Å². The Hall–Kier alpha value is -4.60. The highest BCUT2D eigenvalue weighted by atomic mass is 19.4. The molecule has 38 heavy (non-hydrogen) atoms. The van der Waals surface area contributed by atoms with E-state index < -0.39 is 17.6 Å². The maximum absolute atomic E-state index is 13.6. The fraction of sp³-hybridized carbons (Fsp3) is 0.179. The number of carbonyl (C=O) groups is 1. The number of aromatic amines is 1. The Balaban J connectivity index is 1.26. The van der Waals surface area contributed by atoms with Gasteiger partial charge >= 0.3 is 6.18 Å². The van der Waals surface area contributed by atoms with E-state index in [0.717, 1.165) is 52.8 Å². The number of aromatic nitrogens is 4. The molecule has 10 heteroatoms. The zero-order valence-electron chi connectivity index (χ0n) is 20.4. The number of hydrogen-bond donors (Lipinski definition) is 2. The summed E-state index contributed by atoms with van der Waals surface area (Å²) in [5, 5.41) is 10.7. The number of imidazole rings is 1. The molecule has 1 aliphatic heterocycles. The Morgan fingerprint density at radius 2 is 1.97 bits per heavy atom. The maximum atomic E-state index is 13.6. The zero-order valence-corrected chi connectivity index (χ0v) is 20.4. The van der Waals surface area contributed by atoms with Crippen molar-refractivity contribution < 1.29 is 18.0 Å². The molecule has 3 aromatic carbocycles. The van der Waals surface area contributed by atoms with Gasteiger partial charge in [0.15, 0.2) is 0 Å². The minimum Gasteiger partial charge on any atom is -0.367 e. The summed E-state index contributed by atoms with van der Waals surface area (Å²) in [5.41, 5.74) is 4.65. The van der Waals surface area contributed by atoms with Gasteiger partial charge in [0.05, 0.1) is 29.3 Å². The number of rotatable bonds is 5. The molecule has 3 heterocycles. The monoisotopic (exact) mass is 516 g/mol. The predicted octanol–water partition coefficient (Wildman–Crippen LogP) is 5.89. The number of nitrogens with one attached hydrogen (secondary N) is 2. The van der Waals surface area contributed by atoms with E-state index in [1.165, 1.54) is 17.0 Å². The lowest BCUT2D eigenvalue weighted by Crippen LogP contribution is -2.20. The van der Waals surface area contributed by atoms with E-state index in [1.54, 1.807) is 25.4 Å². The number of fused-ring (bicyclic) bond motifs is 2. The van der Waals surface area contributed by atoms with Crippen LogP contribution in [0.2, 0.25) is 0 Å². The highest BCUT2D eigenvalue weighted by Gasteiger charge is 2.32. The van der Waals surface area contributed by atoms with Gasteiger partial charge in [0.1, 0.15) is 0 Å². The van der Waals surface area contributed by atoms with Crippen molar-refractivity contribution in [3.63, 3.8) is 0 Å². The van der Waals surface area contributed by atoms with Gasteiger partial charge in [-0.25, -0.2) is 4.98 Å². The summed E-state index contributed by atoms with van der Waals surface area (Å²) < 4.78 is 42.4. The van der Waals surface area contributed by atoms with E-state index in [9.17, 15) is 18.0 Å². The Morgan fingerprint density at radius 1 is 1.11 bits per heavy atom. The molecule has 2 aromatic heterocycles. The second-order valence-corrected chi connectivity index (χ2v) is 9.45. The number of benzene rings is 3. The van der Waals surface area contributed by atoms with E-state index in [2.05, 4.69) is 31.5 Å². The standard InChI is InChI=1S/C28H23F3N6O/c1-17-14-37(16-32-17)24-11-22(28(29,30)31)10-23(12-24)34-27(38)20-4-3-19-6-7-36(26(19)9-20)15-18-2-5-25-21(8-18)13-33-35-25/h2-5,8-14,16H,6-7,15H2,1H3,(H,33,35)(H,34,38). The molecule has 6 rings (SSSR count). The van der Waals surface area contributed by atoms with Crippen molar-refractivity contribution in [2.75, 3.05) is 16.8 Å². The van der Waals surface area contributed by atoms with Crippen molar-refractivity contribution >= 4 is 28.2 Å². The molecule has 0 bridgehead atoms. The average molecular weight is 517 g/mol. The first kappa shape index (κ1) is 23.8. The minimum atomic E-state index is -4.57. The number of hydrogen-bond acceptors (Lipinski definition) is 4. The fourth-order valence-corrected chi connectivity index (χ4v) is 4.82. The molecule has 0 atom stereocenters. The van der Waals surface area contributed by atoms with E-state index in [-0.39, 0.29) is 11.4 Å². The number of H-pyrrole nitrogens is 1. The average Bonchev–Trinajstić information content (AvgIpc) is 3.63. The van der Waals surface area contributed by atoms with Gasteiger partial charge in [-0.2, -0.15) is 18.3 Å². The molecular weight excluding hydrogens is 493 g/mol. The van der Waals surface area contributed by atoms with Crippen LogP contribution in [0.1, 0.15) is 32.7 Å². The van der Waals surface area contributed by atoms with E-state index >= 15 is 0 Å². The maximum Gasteiger partial charge on any atom is 0.416 e. The van der Waals surface area contributed by atoms with Crippen LogP contribution in [0.4, 0.5) is 24.5 Å². The molecule has 0 fully saturated rings. The number of halogens is 3. The lowest BCUT2D eigenvalue weighted by molar-refractivity contribution is -0.137. The smallest absolute Gasteiger partial charge is 0.367 e. The first-order chi connectivity index (χ1) is 18.2. The second kappa shape index (κ2) is 9.05. The molecule has 0 unspecified atom stereocenters. The van der Waals surface area contributed by atoms with Crippen molar-refractivity contribution in [3.8, 4) is 5.69 Å². The first-order valence-corrected chi connectivity index (χ1v) is 12.1. The van der Waals surface area contributed by atoms with Gasteiger partial charge in [-0.3, -0.25) is 9.89 Å². The van der Waals surface area contributed by atoms with Crippen LogP contribution >= 0.6 is 0 Å². The minimum absolute atomic E-state index is 0.0527. The molecule has 192 valence electrons. The van der Waals surface area contributed by atoms with Gasteiger partial charge in [0, 0.05) is 47.3 Å². The molecule has 7 nitrogen and oxygen atoms in total. The topological polar surface area (TPSA) is 78.8 Å². The molecule has 0 saturated carbocycles. The van der Waals surface area contributed by atoms with Crippen LogP contribution in [0, 0.1) is 6.92 Å². The highest BCUT2D eigenvalue weighted by molar-refractivity contribution is 6.05. The van der Waals surface area contributed by atoms with Crippen LogP contribution in [-0.4, -0.2) is 32.2 Å². The van der Waals surface area contributed by atoms with Crippen LogP contribution in [-0.2, 0) is 19.1 Å². The molecule has 1 amide bonds. The zero-order chi connectivity index (χ0) is 26.4. The quantitative estimate of drug-likeness (QED) is 0.305. The molecule has 5 aromatic rings. The summed E-state index contributed by atoms with van der Waals surface area (Å²) in [4.78, 5) is 19.5. The van der Waals surface area contributed by atoms with Crippen molar-refractivity contribution in [3.05, 3.63) is 101 Å². The normalized spacial score (nSPS) is 13.2. The van der Waals surface area contributed by atoms with Crippen LogP contribution in [0.15, 0.2) is 73.3 Å². The lowest BCUT2D eigenvalue weighted by Gasteiger charge is -2.20. The first-order valence-electron chi connectivity index (χ1n) is 12.1. The van der Waals surface area contributed by atoms with Crippen LogP contribution in [0.5, 0.6) is 0 Å². The summed E-state index contributed by atoms with van der Waals surface area (Å²) in [6.45, 7) is 3.23. The Bertz CT molecular complexity index is 1670. The highest BCUT2D eigenvalue weighted by Crippen LogP contribution is 2.34. The van der Waals surface area contributed by atoms with Gasteiger partial charge in [-0.05, 0) is 66.9 Å². The Morgan fingerprint density at radius 3 is 2.76 bits per heavy atom. The molecule has 1 aliphatic rings. The number of amides is 1. The molecule has 0 saturated heterocycles. The summed E-state index contributed by atoms with van der Waals surface area (Å²) in [6, 6.07) is 15.0. The van der Waals surface area contributed by atoms with Crippen molar-refractivity contribution in [2.45, 2.75) is 26.1 Å². The number of nitrogens with zero attached hydrogens (tertiary/aromatic N) is 4. The molecule has 0 spiro atoms. The van der Waals surface area contributed by atoms with E-state index in [4.69, 9.17) is 0 Å². The van der Waals surface area contributed by atoms with Gasteiger partial charge in [0.25, 0.3) is 5.91 Å². The Kier molecular flexibility index (Phi) is 5.67. The molecule has 2 N–H and O–H groups in total. The second-order valence-electron chi connectivity index (χ2n) is 9.45. The third kappa shape index (κ3) is 4.60. The van der Waals surface area contributed by atoms with Crippen molar-refractivity contribution in [1.29, 1.82) is 0 Å². The van der Waals surface area contributed by atoms with Crippen molar-refractivity contribution in [1.82, 2.24) is 19.7 Å². The van der Waals surface area contributed by atoms with Gasteiger partial charge < -0.3 is 14.8 Å². The van der Waals surface area contributed by atoms with Gasteiger partial charge in [-0.15, -0.1) is 0 Å². The summed E-state index contributed by atoms with van der Waals surface area (Å²) in [5.74, 6) is -0.480. The largest absolute Gasteiger partial charge is 0.416 e. The Labute approximate surface area is 215 Å². The molecular formula is C28H23F3N6O. The number of anilines is 2. The number of aryl methyl sites for hydroxylation is 1. The number of alkyl halides is 3. The lowest BCUT2D eigenvalue weighted by atomic mass is 10.1. The molecule has 0 radical (unpaired) electrons. The van der Waals surface area contributed by atoms with E-state index in [1.807, 2.05) is 24.3 Å². The van der Waals surface area contributed by atoms with E-state index in [0.29, 0.717) is 17.8 Å². The van der Waals surface area contributed by atoms with Crippen molar-refractivity contribution in [2.24, 2.45) is 0 Å². The van der Waals surface area contributed by atoms with Gasteiger partial charge in [0.2, 0.25) is 0 Å². The summed E-state index contributed by atoms with van der Waals surface area (Å²) >= 11 is 0. The van der Waals surface area contributed by atoms with Crippen LogP contribution in [0.25, 0.3) is 16.6 Å². The van der Waals surface area contributed by atoms with Crippen LogP contribution < -0.4 is 10.2 Å². The summed E-state index contributed by atoms with van der Waals surface area (Å²) in [6.07, 6.45) is 1.13. The third-order valence-corrected chi connectivity index (χ3v) is 6.73. The van der Waals surface area contributed by atoms with Crippen LogP contribution in [0.3, 0.4) is 0 Å². The third-order valence-electron chi connectivity index (χ3n) is 6.73. The fourth-order valence-electron chi connectivity index (χ4n) is 4.82. The number of carbonyl (C=O) groups excluding carboxylic acids is 1. The summed E-state index contributed by atoms with van der Waals surface area (Å²) in [7, 11) is 0. The molecule has 0 aliphatic carbocycles. The predicted molar refractivity (Wildman–Crippen MR) is 139 cm³/mol. The SMILES string of the molecule is Cc1cn(-c2cc(NC(=O)c3ccc4c(c3)N(Cc3ccc5[nH]ncc5c3)CC4)cc(C(F)(F)F)c2)cn1.